The summed E-state index contributed by atoms with van der Waals surface area (Å²) >= 11 is 0. The maximum atomic E-state index is 12.5. The molecule has 0 aliphatic rings. The molecule has 21 heavy (non-hydrogen) atoms. The number of carboxylic acid groups (broad SMARTS) is 1. The lowest BCUT2D eigenvalue weighted by molar-refractivity contribution is 0.0697. The van der Waals surface area contributed by atoms with Gasteiger partial charge in [0.25, 0.3) is 5.56 Å². The maximum absolute atomic E-state index is 12.5. The van der Waals surface area contributed by atoms with Gasteiger partial charge in [-0.05, 0) is 25.3 Å². The molecule has 1 aromatic carbocycles. The van der Waals surface area contributed by atoms with Crippen LogP contribution in [0.4, 0.5) is 0 Å². The van der Waals surface area contributed by atoms with Crippen LogP contribution in [0.5, 0.6) is 0 Å². The zero-order chi connectivity index (χ0) is 15.6. The molecule has 1 heterocycles. The summed E-state index contributed by atoms with van der Waals surface area (Å²) in [6, 6.07) is 6.81. The Morgan fingerprint density at radius 3 is 2.48 bits per heavy atom. The van der Waals surface area contributed by atoms with E-state index in [0.717, 1.165) is 6.42 Å². The highest BCUT2D eigenvalue weighted by Crippen LogP contribution is 2.18. The van der Waals surface area contributed by atoms with Gasteiger partial charge in [0.05, 0.1) is 11.3 Å². The monoisotopic (exact) mass is 288 g/mol. The summed E-state index contributed by atoms with van der Waals surface area (Å²) in [7, 11) is 0. The molecule has 0 fully saturated rings. The number of pyridine rings is 1. The zero-order valence-corrected chi connectivity index (χ0v) is 12.5. The van der Waals surface area contributed by atoms with E-state index in [0.29, 0.717) is 28.9 Å². The molecule has 0 unspecified atom stereocenters. The van der Waals surface area contributed by atoms with E-state index in [1.807, 2.05) is 0 Å². The third-order valence-corrected chi connectivity index (χ3v) is 3.53. The van der Waals surface area contributed by atoms with Crippen molar-refractivity contribution in [1.29, 1.82) is 0 Å². The first-order valence-electron chi connectivity index (χ1n) is 7.05. The second kappa shape index (κ2) is 5.99. The minimum atomic E-state index is -1.02. The largest absolute Gasteiger partial charge is 0.478 e. The molecule has 0 saturated heterocycles. The summed E-state index contributed by atoms with van der Waals surface area (Å²) in [5.74, 6) is -0.518. The zero-order valence-electron chi connectivity index (χ0n) is 12.5. The third-order valence-electron chi connectivity index (χ3n) is 3.53. The molecule has 0 aliphatic heterocycles. The molecule has 1 aromatic heterocycles. The van der Waals surface area contributed by atoms with Gasteiger partial charge in [0, 0.05) is 17.3 Å². The molecule has 0 saturated carbocycles. The van der Waals surface area contributed by atoms with Gasteiger partial charge in [-0.1, -0.05) is 32.0 Å². The van der Waals surface area contributed by atoms with Crippen LogP contribution in [0.3, 0.4) is 0 Å². The quantitative estimate of drug-likeness (QED) is 0.887. The lowest BCUT2D eigenvalue weighted by atomic mass is 10.0. The highest BCUT2D eigenvalue weighted by atomic mass is 16.4. The Labute approximate surface area is 123 Å². The van der Waals surface area contributed by atoms with Gasteiger partial charge in [-0.3, -0.25) is 4.79 Å². The first kappa shape index (κ1) is 15.1. The van der Waals surface area contributed by atoms with Crippen molar-refractivity contribution in [3.63, 3.8) is 0 Å². The number of hydrogen-bond acceptors (Lipinski definition) is 3. The van der Waals surface area contributed by atoms with Gasteiger partial charge >= 0.3 is 5.97 Å². The van der Waals surface area contributed by atoms with Crippen molar-refractivity contribution in [2.24, 2.45) is 5.92 Å². The molecule has 0 bridgehead atoms. The highest BCUT2D eigenvalue weighted by Gasteiger charge is 2.18. The van der Waals surface area contributed by atoms with Gasteiger partial charge in [-0.2, -0.15) is 0 Å². The molecule has 2 rings (SSSR count). The van der Waals surface area contributed by atoms with Gasteiger partial charge in [0.1, 0.15) is 0 Å². The Kier molecular flexibility index (Phi) is 4.31. The molecule has 0 radical (unpaired) electrons. The average Bonchev–Trinajstić information content (AvgIpc) is 2.42. The first-order valence-corrected chi connectivity index (χ1v) is 7.05. The summed E-state index contributed by atoms with van der Waals surface area (Å²) in [6.07, 6.45) is 0.904. The van der Waals surface area contributed by atoms with Crippen molar-refractivity contribution < 1.29 is 9.90 Å². The van der Waals surface area contributed by atoms with E-state index in [1.165, 1.54) is 4.68 Å². The van der Waals surface area contributed by atoms with Crippen molar-refractivity contribution in [3.05, 3.63) is 45.9 Å². The second-order valence-electron chi connectivity index (χ2n) is 5.54. The highest BCUT2D eigenvalue weighted by molar-refractivity contribution is 6.04. The van der Waals surface area contributed by atoms with Crippen molar-refractivity contribution in [1.82, 2.24) is 4.68 Å². The SMILES string of the molecule is Cc1c(C(=O)O)c2ccccc2c(=O)n1NCCC(C)C. The van der Waals surface area contributed by atoms with Crippen molar-refractivity contribution >= 4 is 16.7 Å². The summed E-state index contributed by atoms with van der Waals surface area (Å²) < 4.78 is 1.36. The Bertz CT molecular complexity index is 732. The summed E-state index contributed by atoms with van der Waals surface area (Å²) in [5, 5.41) is 10.3. The van der Waals surface area contributed by atoms with Crippen LogP contribution in [-0.4, -0.2) is 22.3 Å². The summed E-state index contributed by atoms with van der Waals surface area (Å²) in [6.45, 7) is 6.47. The summed E-state index contributed by atoms with van der Waals surface area (Å²) in [4.78, 5) is 24.0. The van der Waals surface area contributed by atoms with Crippen molar-refractivity contribution in [2.45, 2.75) is 27.2 Å². The number of aromatic nitrogens is 1. The topological polar surface area (TPSA) is 71.3 Å². The van der Waals surface area contributed by atoms with Crippen molar-refractivity contribution in [3.8, 4) is 0 Å². The van der Waals surface area contributed by atoms with E-state index >= 15 is 0 Å². The van der Waals surface area contributed by atoms with Gasteiger partial charge in [-0.25, -0.2) is 9.47 Å². The van der Waals surface area contributed by atoms with Gasteiger partial charge in [-0.15, -0.1) is 0 Å². The molecular formula is C16H20N2O3. The molecule has 5 nitrogen and oxygen atoms in total. The Morgan fingerprint density at radius 2 is 1.90 bits per heavy atom. The van der Waals surface area contributed by atoms with E-state index in [4.69, 9.17) is 0 Å². The molecule has 2 aromatic rings. The van der Waals surface area contributed by atoms with Crippen LogP contribution in [0, 0.1) is 12.8 Å². The number of carbonyl (C=O) groups is 1. The van der Waals surface area contributed by atoms with E-state index in [1.54, 1.807) is 31.2 Å². The smallest absolute Gasteiger partial charge is 0.338 e. The Morgan fingerprint density at radius 1 is 1.29 bits per heavy atom. The molecule has 112 valence electrons. The molecule has 2 N–H and O–H groups in total. The molecule has 0 spiro atoms. The fourth-order valence-corrected chi connectivity index (χ4v) is 2.39. The van der Waals surface area contributed by atoms with E-state index in [-0.39, 0.29) is 11.1 Å². The Balaban J connectivity index is 2.60. The predicted molar refractivity (Wildman–Crippen MR) is 83.6 cm³/mol. The summed E-state index contributed by atoms with van der Waals surface area (Å²) in [5.41, 5.74) is 3.42. The fourth-order valence-electron chi connectivity index (χ4n) is 2.39. The van der Waals surface area contributed by atoms with Gasteiger partial charge < -0.3 is 10.5 Å². The van der Waals surface area contributed by atoms with Crippen LogP contribution < -0.4 is 11.0 Å². The van der Waals surface area contributed by atoms with Crippen molar-refractivity contribution in [2.75, 3.05) is 12.0 Å². The number of nitrogens with zero attached hydrogens (tertiary/aromatic N) is 1. The maximum Gasteiger partial charge on any atom is 0.338 e. The molecule has 0 atom stereocenters. The minimum Gasteiger partial charge on any atom is -0.478 e. The minimum absolute atomic E-state index is 0.169. The van der Waals surface area contributed by atoms with E-state index in [9.17, 15) is 14.7 Å². The van der Waals surface area contributed by atoms with Crippen LogP contribution in [0.15, 0.2) is 29.1 Å². The van der Waals surface area contributed by atoms with Crippen LogP contribution >= 0.6 is 0 Å². The molecule has 0 amide bonds. The number of fused-ring (bicyclic) bond motifs is 1. The molecule has 5 heteroatoms. The molecular weight excluding hydrogens is 268 g/mol. The number of rotatable bonds is 5. The number of carboxylic acids is 1. The second-order valence-corrected chi connectivity index (χ2v) is 5.54. The van der Waals surface area contributed by atoms with Crippen LogP contribution in [0.1, 0.15) is 36.3 Å². The standard InChI is InChI=1S/C16H20N2O3/c1-10(2)8-9-17-18-11(3)14(16(20)21)12-6-4-5-7-13(12)15(18)19/h4-7,10,17H,8-9H2,1-3H3,(H,20,21). The van der Waals surface area contributed by atoms with Gasteiger partial charge in [0.15, 0.2) is 0 Å². The predicted octanol–water partition coefficient (Wildman–Crippen LogP) is 2.60. The Hall–Kier alpha value is -2.30. The normalized spacial score (nSPS) is 11.0. The van der Waals surface area contributed by atoms with Crippen LogP contribution in [-0.2, 0) is 0 Å². The average molecular weight is 288 g/mol. The fraction of sp³-hybridized carbons (Fsp3) is 0.375. The van der Waals surface area contributed by atoms with Crippen LogP contribution in [0.25, 0.3) is 10.8 Å². The van der Waals surface area contributed by atoms with Gasteiger partial charge in [0.2, 0.25) is 0 Å². The number of hydrogen-bond donors (Lipinski definition) is 2. The molecule has 0 aliphatic carbocycles. The lowest BCUT2D eigenvalue weighted by Gasteiger charge is -2.17. The number of nitrogens with one attached hydrogen (secondary N) is 1. The van der Waals surface area contributed by atoms with Crippen LogP contribution in [0.2, 0.25) is 0 Å². The third kappa shape index (κ3) is 2.91. The van der Waals surface area contributed by atoms with E-state index < -0.39 is 5.97 Å². The number of benzene rings is 1. The lowest BCUT2D eigenvalue weighted by Crippen LogP contribution is -2.33. The number of aromatic carboxylic acids is 1. The first-order chi connectivity index (χ1) is 9.93. The van der Waals surface area contributed by atoms with E-state index in [2.05, 4.69) is 19.3 Å².